The van der Waals surface area contributed by atoms with Crippen molar-refractivity contribution in [1.82, 2.24) is 19.8 Å². The van der Waals surface area contributed by atoms with Crippen molar-refractivity contribution in [3.05, 3.63) is 259 Å². The fourth-order valence-electron chi connectivity index (χ4n) is 11.2. The Kier molecular flexibility index (Phi) is 11.1. The largest absolute Gasteiger partial charge is 0.350 e. The lowest BCUT2D eigenvalue weighted by atomic mass is 9.95. The molecule has 12 aromatic rings. The Balaban J connectivity index is 1.04. The molecule has 2 unspecified atom stereocenters. The molecule has 0 amide bonds. The second-order valence-corrected chi connectivity index (χ2v) is 19.4. The number of amidine groups is 1. The molecule has 2 aromatic heterocycles. The van der Waals surface area contributed by atoms with E-state index in [4.69, 9.17) is 4.99 Å². The Bertz CT molecular complexity index is 4020. The number of hydrogen-bond donors (Lipinski definition) is 2. The average Bonchev–Trinajstić information content (AvgIpc) is 3.99. The number of para-hydroxylation sites is 3. The van der Waals surface area contributed by atoms with E-state index in [2.05, 4.69) is 270 Å². The molecule has 0 radical (unpaired) electrons. The minimum Gasteiger partial charge on any atom is -0.350 e. The number of benzene rings is 10. The molecular weight excluding hydrogens is 895 g/mol. The summed E-state index contributed by atoms with van der Waals surface area (Å²) in [6.07, 6.45) is 2.46. The maximum absolute atomic E-state index is 5.60. The summed E-state index contributed by atoms with van der Waals surface area (Å²) in [6.45, 7) is 2.24. The number of nitrogens with one attached hydrogen (secondary N) is 2. The molecule has 1 aliphatic heterocycles. The summed E-state index contributed by atoms with van der Waals surface area (Å²) in [7, 11) is 0. The van der Waals surface area contributed by atoms with Gasteiger partial charge in [-0.2, -0.15) is 0 Å². The number of thioether (sulfide) groups is 1. The zero-order valence-corrected chi connectivity index (χ0v) is 40.9. The normalized spacial score (nSPS) is 14.8. The summed E-state index contributed by atoms with van der Waals surface area (Å²) in [5.74, 6) is 0.846. The van der Waals surface area contributed by atoms with Gasteiger partial charge >= 0.3 is 0 Å². The quantitative estimate of drug-likeness (QED) is 0.134. The molecule has 72 heavy (non-hydrogen) atoms. The van der Waals surface area contributed by atoms with Gasteiger partial charge in [0.05, 0.1) is 27.8 Å². The molecule has 3 heterocycles. The third kappa shape index (κ3) is 7.41. The number of nitrogens with zero attached hydrogens (tertiary/aromatic N) is 3. The van der Waals surface area contributed by atoms with E-state index in [1.165, 1.54) is 65.3 Å². The van der Waals surface area contributed by atoms with Crippen molar-refractivity contribution in [2.75, 3.05) is 6.26 Å². The molecule has 2 N–H and O–H groups in total. The van der Waals surface area contributed by atoms with E-state index in [0.29, 0.717) is 0 Å². The van der Waals surface area contributed by atoms with E-state index in [0.717, 1.165) is 62.5 Å². The third-order valence-electron chi connectivity index (χ3n) is 14.5. The smallest absolute Gasteiger partial charge is 0.131 e. The van der Waals surface area contributed by atoms with Crippen LogP contribution >= 0.6 is 11.8 Å². The molecule has 6 heteroatoms. The fraction of sp³-hybridized carbons (Fsp3) is 0.0758. The molecule has 0 bridgehead atoms. The Morgan fingerprint density at radius 1 is 0.472 bits per heavy atom. The highest BCUT2D eigenvalue weighted by molar-refractivity contribution is 7.98. The predicted octanol–water partition coefficient (Wildman–Crippen LogP) is 16.5. The molecule has 2 atom stereocenters. The van der Waals surface area contributed by atoms with Crippen LogP contribution in [0.2, 0.25) is 0 Å². The van der Waals surface area contributed by atoms with E-state index in [1.807, 2.05) is 0 Å². The van der Waals surface area contributed by atoms with Crippen molar-refractivity contribution in [2.24, 2.45) is 4.99 Å². The molecule has 0 aliphatic carbocycles. The van der Waals surface area contributed by atoms with Crippen LogP contribution in [0.5, 0.6) is 0 Å². The van der Waals surface area contributed by atoms with Gasteiger partial charge in [0.1, 0.15) is 18.2 Å². The van der Waals surface area contributed by atoms with Gasteiger partial charge in [-0.05, 0) is 112 Å². The molecule has 5 nitrogen and oxygen atoms in total. The minimum atomic E-state index is -0.421. The molecule has 0 saturated carbocycles. The van der Waals surface area contributed by atoms with Crippen molar-refractivity contribution >= 4 is 61.2 Å². The molecule has 346 valence electrons. The molecule has 0 saturated heterocycles. The topological polar surface area (TPSA) is 46.3 Å². The lowest BCUT2D eigenvalue weighted by Gasteiger charge is -2.33. The number of fused-ring (bicyclic) bond motifs is 6. The Morgan fingerprint density at radius 3 is 1.72 bits per heavy atom. The van der Waals surface area contributed by atoms with E-state index >= 15 is 0 Å². The van der Waals surface area contributed by atoms with Crippen molar-refractivity contribution in [3.63, 3.8) is 0 Å². The van der Waals surface area contributed by atoms with Gasteiger partial charge < -0.3 is 14.5 Å². The van der Waals surface area contributed by atoms with Gasteiger partial charge in [-0.1, -0.05) is 189 Å². The van der Waals surface area contributed by atoms with Crippen molar-refractivity contribution in [1.29, 1.82) is 0 Å². The highest BCUT2D eigenvalue weighted by Crippen LogP contribution is 2.45. The first kappa shape index (κ1) is 43.6. The van der Waals surface area contributed by atoms with Crippen LogP contribution in [0.25, 0.3) is 88.4 Å². The number of rotatable bonds is 10. The summed E-state index contributed by atoms with van der Waals surface area (Å²) in [6, 6.07) is 86.1. The summed E-state index contributed by atoms with van der Waals surface area (Å²) in [5.41, 5.74) is 18.7. The Morgan fingerprint density at radius 2 is 1.04 bits per heavy atom. The highest BCUT2D eigenvalue weighted by atomic mass is 32.2. The van der Waals surface area contributed by atoms with Gasteiger partial charge in [-0.25, -0.2) is 4.99 Å². The molecule has 1 aliphatic rings. The van der Waals surface area contributed by atoms with E-state index < -0.39 is 6.17 Å². The number of aromatic nitrogens is 2. The number of aliphatic imine (C=N–C) groups is 1. The molecule has 13 rings (SSSR count). The number of aryl methyl sites for hydroxylation is 1. The van der Waals surface area contributed by atoms with Crippen LogP contribution in [-0.4, -0.2) is 21.2 Å². The van der Waals surface area contributed by atoms with Gasteiger partial charge in [0.2, 0.25) is 0 Å². The average molecular weight is 946 g/mol. The van der Waals surface area contributed by atoms with Gasteiger partial charge in [0.15, 0.2) is 0 Å². The standard InChI is InChI=1S/C66H51N5S/c1-3-43-21-13-14-28-49(43)55-41-47(38-40-61(55)72-2)65-67-64(45-24-9-5-10-25-45)68-66(69-65)54-39-37-46(44-22-7-4-8-23-44)42-60(54)71-57-34-18-16-30-53(57)63-51(32-20-36-59(63)71)50-31-19-35-58-62(50)52-29-15-17-33-56(52)70(58)48-26-11-6-12-27-48/h4-42,65-66,69H,3H2,1-2H3,(H,67,68). The maximum atomic E-state index is 5.60. The number of hydrogen-bond acceptors (Lipinski definition) is 4. The Labute approximate surface area is 424 Å². The zero-order chi connectivity index (χ0) is 48.1. The first-order valence-electron chi connectivity index (χ1n) is 24.9. The first-order chi connectivity index (χ1) is 35.6. The SMILES string of the molecule is CCc1ccccc1-c1cc(C2NC(c3ccccc3)=NC(c3ccc(-c4ccccc4)cc3-n3c4ccccc4c4c(-c5cccc6c5c5ccccc5n6-c5ccccc5)cccc43)N2)ccc1SC. The fourth-order valence-corrected chi connectivity index (χ4v) is 11.8. The van der Waals surface area contributed by atoms with Gasteiger partial charge in [0, 0.05) is 43.3 Å². The summed E-state index contributed by atoms with van der Waals surface area (Å²) in [5, 5.41) is 12.8. The summed E-state index contributed by atoms with van der Waals surface area (Å²) >= 11 is 1.79. The predicted molar refractivity (Wildman–Crippen MR) is 304 cm³/mol. The highest BCUT2D eigenvalue weighted by Gasteiger charge is 2.30. The lowest BCUT2D eigenvalue weighted by Crippen LogP contribution is -2.45. The second-order valence-electron chi connectivity index (χ2n) is 18.5. The summed E-state index contributed by atoms with van der Waals surface area (Å²) in [4.78, 5) is 6.86. The van der Waals surface area contributed by atoms with E-state index in [9.17, 15) is 0 Å². The van der Waals surface area contributed by atoms with Gasteiger partial charge in [-0.3, -0.25) is 5.32 Å². The van der Waals surface area contributed by atoms with E-state index in [1.54, 1.807) is 11.8 Å². The molecular formula is C66H51N5S. The van der Waals surface area contributed by atoms with Crippen LogP contribution in [0.1, 0.15) is 41.5 Å². The second kappa shape index (κ2) is 18.4. The third-order valence-corrected chi connectivity index (χ3v) is 15.3. The zero-order valence-electron chi connectivity index (χ0n) is 40.1. The molecule has 10 aromatic carbocycles. The molecule has 0 spiro atoms. The van der Waals surface area contributed by atoms with Gasteiger partial charge in [0.25, 0.3) is 0 Å². The molecule has 0 fully saturated rings. The monoisotopic (exact) mass is 945 g/mol. The van der Waals surface area contributed by atoms with E-state index in [-0.39, 0.29) is 6.17 Å². The van der Waals surface area contributed by atoms with Gasteiger partial charge in [-0.15, -0.1) is 11.8 Å². The van der Waals surface area contributed by atoms with Crippen molar-refractivity contribution < 1.29 is 0 Å². The van der Waals surface area contributed by atoms with Crippen LogP contribution in [0, 0.1) is 0 Å². The van der Waals surface area contributed by atoms with Crippen molar-refractivity contribution in [2.45, 2.75) is 30.6 Å². The first-order valence-corrected chi connectivity index (χ1v) is 26.1. The van der Waals surface area contributed by atoms with Crippen LogP contribution in [0.4, 0.5) is 0 Å². The summed E-state index contributed by atoms with van der Waals surface area (Å²) < 4.78 is 4.90. The minimum absolute atomic E-state index is 0.254. The Hall–Kier alpha value is -8.42. The van der Waals surface area contributed by atoms with Crippen LogP contribution in [0.3, 0.4) is 0 Å². The lowest BCUT2D eigenvalue weighted by molar-refractivity contribution is 0.408. The van der Waals surface area contributed by atoms with Crippen molar-refractivity contribution in [3.8, 4) is 44.8 Å². The maximum Gasteiger partial charge on any atom is 0.131 e. The van der Waals surface area contributed by atoms with Crippen LogP contribution < -0.4 is 10.6 Å². The van der Waals surface area contributed by atoms with Crippen LogP contribution in [0.15, 0.2) is 246 Å². The van der Waals surface area contributed by atoms with Crippen LogP contribution in [-0.2, 0) is 6.42 Å².